The van der Waals surface area contributed by atoms with Crippen molar-refractivity contribution in [1.29, 1.82) is 0 Å². The highest BCUT2D eigenvalue weighted by molar-refractivity contribution is 4.86. The van der Waals surface area contributed by atoms with Crippen molar-refractivity contribution < 1.29 is 13.9 Å². The molecule has 0 spiro atoms. The Balaban J connectivity index is 1.82. The minimum Gasteiger partial charge on any atom is -0.393 e. The van der Waals surface area contributed by atoms with E-state index in [4.69, 9.17) is 0 Å². The van der Waals surface area contributed by atoms with Crippen LogP contribution in [0.5, 0.6) is 0 Å². The van der Waals surface area contributed by atoms with Crippen molar-refractivity contribution in [2.45, 2.75) is 70.3 Å². The highest BCUT2D eigenvalue weighted by Crippen LogP contribution is 2.41. The van der Waals surface area contributed by atoms with Gasteiger partial charge in [0.2, 0.25) is 5.92 Å². The summed E-state index contributed by atoms with van der Waals surface area (Å²) in [5.41, 5.74) is 0. The second kappa shape index (κ2) is 5.21. The van der Waals surface area contributed by atoms with Gasteiger partial charge in [0.05, 0.1) is 6.10 Å². The molecule has 1 N–H and O–H groups in total. The summed E-state index contributed by atoms with van der Waals surface area (Å²) in [6.07, 6.45) is 5.13. The van der Waals surface area contributed by atoms with Crippen molar-refractivity contribution in [2.75, 3.05) is 0 Å². The van der Waals surface area contributed by atoms with E-state index in [2.05, 4.69) is 6.92 Å². The standard InChI is InChI=1S/C14H24F2O/c1-10-2-4-11(5-3-10)13(17)12-6-8-14(15,16)9-7-12/h10-13,17H,2-9H2,1H3. The van der Waals surface area contributed by atoms with Crippen LogP contribution in [0.3, 0.4) is 0 Å². The number of hydrogen-bond donors (Lipinski definition) is 1. The Morgan fingerprint density at radius 3 is 1.94 bits per heavy atom. The Bertz CT molecular complexity index is 237. The maximum Gasteiger partial charge on any atom is 0.248 e. The van der Waals surface area contributed by atoms with E-state index in [0.717, 1.165) is 18.8 Å². The molecule has 0 saturated heterocycles. The quantitative estimate of drug-likeness (QED) is 0.780. The molecule has 0 radical (unpaired) electrons. The molecule has 1 nitrogen and oxygen atoms in total. The van der Waals surface area contributed by atoms with Crippen molar-refractivity contribution in [2.24, 2.45) is 17.8 Å². The van der Waals surface area contributed by atoms with Crippen LogP contribution in [-0.2, 0) is 0 Å². The van der Waals surface area contributed by atoms with Gasteiger partial charge < -0.3 is 5.11 Å². The highest BCUT2D eigenvalue weighted by atomic mass is 19.3. The lowest BCUT2D eigenvalue weighted by Crippen LogP contribution is -2.36. The van der Waals surface area contributed by atoms with E-state index in [0.29, 0.717) is 18.8 Å². The maximum atomic E-state index is 13.1. The number of halogens is 2. The number of aliphatic hydroxyl groups excluding tert-OH is 1. The van der Waals surface area contributed by atoms with Crippen molar-refractivity contribution in [3.8, 4) is 0 Å². The third-order valence-electron chi connectivity index (χ3n) is 4.79. The molecule has 2 fully saturated rings. The average molecular weight is 246 g/mol. The third-order valence-corrected chi connectivity index (χ3v) is 4.79. The Hall–Kier alpha value is -0.180. The molecule has 0 bridgehead atoms. The predicted molar refractivity (Wildman–Crippen MR) is 64.0 cm³/mol. The molecule has 1 atom stereocenters. The molecule has 1 unspecified atom stereocenters. The first-order chi connectivity index (χ1) is 7.98. The largest absolute Gasteiger partial charge is 0.393 e. The number of hydrogen-bond acceptors (Lipinski definition) is 1. The van der Waals surface area contributed by atoms with Crippen molar-refractivity contribution in [3.63, 3.8) is 0 Å². The molecular weight excluding hydrogens is 222 g/mol. The smallest absolute Gasteiger partial charge is 0.248 e. The van der Waals surface area contributed by atoms with Gasteiger partial charge in [0, 0.05) is 12.8 Å². The highest BCUT2D eigenvalue weighted by Gasteiger charge is 2.39. The lowest BCUT2D eigenvalue weighted by atomic mass is 9.73. The minimum atomic E-state index is -2.47. The molecule has 2 rings (SSSR count). The van der Waals surface area contributed by atoms with Crippen LogP contribution < -0.4 is 0 Å². The lowest BCUT2D eigenvalue weighted by molar-refractivity contribution is -0.0736. The number of aliphatic hydroxyl groups is 1. The summed E-state index contributed by atoms with van der Waals surface area (Å²) >= 11 is 0. The van der Waals surface area contributed by atoms with Gasteiger partial charge in [-0.1, -0.05) is 19.8 Å². The first kappa shape index (κ1) is 13.3. The van der Waals surface area contributed by atoms with Gasteiger partial charge in [-0.05, 0) is 43.4 Å². The molecule has 0 heterocycles. The zero-order valence-electron chi connectivity index (χ0n) is 10.7. The third kappa shape index (κ3) is 3.40. The van der Waals surface area contributed by atoms with Gasteiger partial charge in [-0.25, -0.2) is 8.78 Å². The molecule has 2 aliphatic carbocycles. The van der Waals surface area contributed by atoms with Crippen LogP contribution in [0.25, 0.3) is 0 Å². The molecular formula is C14H24F2O. The molecule has 17 heavy (non-hydrogen) atoms. The summed E-state index contributed by atoms with van der Waals surface area (Å²) in [6.45, 7) is 2.25. The lowest BCUT2D eigenvalue weighted by Gasteiger charge is -2.37. The van der Waals surface area contributed by atoms with E-state index in [1.807, 2.05) is 0 Å². The van der Waals surface area contributed by atoms with E-state index in [1.165, 1.54) is 12.8 Å². The van der Waals surface area contributed by atoms with E-state index in [1.54, 1.807) is 0 Å². The zero-order valence-corrected chi connectivity index (χ0v) is 10.7. The first-order valence-electron chi connectivity index (χ1n) is 7.04. The van der Waals surface area contributed by atoms with Crippen LogP contribution in [0.15, 0.2) is 0 Å². The van der Waals surface area contributed by atoms with Crippen LogP contribution in [-0.4, -0.2) is 17.1 Å². The fourth-order valence-corrected chi connectivity index (χ4v) is 3.42. The fraction of sp³-hybridized carbons (Fsp3) is 1.00. The molecule has 0 aromatic carbocycles. The molecule has 100 valence electrons. The Kier molecular flexibility index (Phi) is 4.06. The molecule has 2 saturated carbocycles. The second-order valence-electron chi connectivity index (χ2n) is 6.20. The monoisotopic (exact) mass is 246 g/mol. The molecule has 0 aromatic heterocycles. The van der Waals surface area contributed by atoms with Crippen molar-refractivity contribution >= 4 is 0 Å². The molecule has 0 aromatic rings. The van der Waals surface area contributed by atoms with Gasteiger partial charge in [-0.15, -0.1) is 0 Å². The van der Waals surface area contributed by atoms with E-state index in [-0.39, 0.29) is 24.9 Å². The average Bonchev–Trinajstić information content (AvgIpc) is 2.29. The van der Waals surface area contributed by atoms with Crippen LogP contribution in [0, 0.1) is 17.8 Å². The zero-order chi connectivity index (χ0) is 12.5. The Labute approximate surface area is 103 Å². The number of alkyl halides is 2. The SMILES string of the molecule is CC1CCC(C(O)C2CCC(F)(F)CC2)CC1. The van der Waals surface area contributed by atoms with Crippen molar-refractivity contribution in [3.05, 3.63) is 0 Å². The predicted octanol–water partition coefficient (Wildman–Crippen LogP) is 4.00. The summed E-state index contributed by atoms with van der Waals surface area (Å²) < 4.78 is 26.1. The summed E-state index contributed by atoms with van der Waals surface area (Å²) in [4.78, 5) is 0. The van der Waals surface area contributed by atoms with Gasteiger partial charge in [-0.3, -0.25) is 0 Å². The van der Waals surface area contributed by atoms with Gasteiger partial charge in [-0.2, -0.15) is 0 Å². The second-order valence-corrected chi connectivity index (χ2v) is 6.20. The topological polar surface area (TPSA) is 20.2 Å². The van der Waals surface area contributed by atoms with E-state index in [9.17, 15) is 13.9 Å². The van der Waals surface area contributed by atoms with Gasteiger partial charge in [0.25, 0.3) is 0 Å². The summed E-state index contributed by atoms with van der Waals surface area (Å²) in [7, 11) is 0. The van der Waals surface area contributed by atoms with Gasteiger partial charge >= 0.3 is 0 Å². The summed E-state index contributed by atoms with van der Waals surface area (Å²) in [5.74, 6) is -1.22. The van der Waals surface area contributed by atoms with Crippen LogP contribution in [0.1, 0.15) is 58.3 Å². The maximum absolute atomic E-state index is 13.1. The summed E-state index contributed by atoms with van der Waals surface area (Å²) in [6, 6.07) is 0. The molecule has 0 amide bonds. The Morgan fingerprint density at radius 1 is 0.941 bits per heavy atom. The van der Waals surface area contributed by atoms with Crippen LogP contribution in [0.2, 0.25) is 0 Å². The van der Waals surface area contributed by atoms with Gasteiger partial charge in [0.1, 0.15) is 0 Å². The van der Waals surface area contributed by atoms with Crippen LogP contribution >= 0.6 is 0 Å². The van der Waals surface area contributed by atoms with E-state index < -0.39 is 5.92 Å². The minimum absolute atomic E-state index is 0.0299. The molecule has 2 aliphatic rings. The molecule has 0 aliphatic heterocycles. The van der Waals surface area contributed by atoms with Gasteiger partial charge in [0.15, 0.2) is 0 Å². The fourth-order valence-electron chi connectivity index (χ4n) is 3.42. The number of rotatable bonds is 2. The van der Waals surface area contributed by atoms with E-state index >= 15 is 0 Å². The van der Waals surface area contributed by atoms with Crippen LogP contribution in [0.4, 0.5) is 8.78 Å². The summed E-state index contributed by atoms with van der Waals surface area (Å²) in [5, 5.41) is 10.3. The van der Waals surface area contributed by atoms with Crippen molar-refractivity contribution in [1.82, 2.24) is 0 Å². The Morgan fingerprint density at radius 2 is 1.41 bits per heavy atom. The first-order valence-corrected chi connectivity index (χ1v) is 7.04. The normalized spacial score (nSPS) is 36.7. The molecule has 3 heteroatoms.